The molecular weight excluding hydrogens is 645 g/mol. The Morgan fingerprint density at radius 2 is 1.85 bits per heavy atom. The number of nitrogens with one attached hydrogen (secondary N) is 3. The Morgan fingerprint density at radius 3 is 2.53 bits per heavy atom. The number of fused-ring (bicyclic) bond motifs is 2. The van der Waals surface area contributed by atoms with Crippen LogP contribution in [0.25, 0.3) is 0 Å². The van der Waals surface area contributed by atoms with Crippen LogP contribution in [-0.4, -0.2) is 87.6 Å². The molecule has 0 aliphatic carbocycles. The highest BCUT2D eigenvalue weighted by atomic mass is 32.2. The molecule has 2 unspecified atom stereocenters. The molecule has 0 radical (unpaired) electrons. The molecule has 2 aromatic carbocycles. The molecular formula is C33H48N4O8S2. The molecule has 0 spiro atoms. The zero-order chi connectivity index (χ0) is 33.9. The van der Waals surface area contributed by atoms with E-state index in [0.29, 0.717) is 37.7 Å². The van der Waals surface area contributed by atoms with E-state index in [4.69, 9.17) is 14.2 Å². The highest BCUT2D eigenvalue weighted by Crippen LogP contribution is 2.44. The van der Waals surface area contributed by atoms with E-state index in [-0.39, 0.29) is 34.7 Å². The maximum Gasteiger partial charge on any atom is 0.404 e. The molecule has 7 atom stereocenters. The smallest absolute Gasteiger partial charge is 0.404 e. The van der Waals surface area contributed by atoms with Gasteiger partial charge in [0.15, 0.2) is 6.29 Å². The molecule has 5 N–H and O–H groups in total. The Hall–Kier alpha value is -2.59. The van der Waals surface area contributed by atoms with Crippen LogP contribution in [0.1, 0.15) is 46.1 Å². The van der Waals surface area contributed by atoms with E-state index in [1.54, 1.807) is 42.1 Å². The van der Waals surface area contributed by atoms with Gasteiger partial charge in [0.25, 0.3) is 0 Å². The number of hydrogen-bond donors (Lipinski definition) is 5. The van der Waals surface area contributed by atoms with E-state index < -0.39 is 40.6 Å². The quantitative estimate of drug-likeness (QED) is 0.196. The van der Waals surface area contributed by atoms with Crippen molar-refractivity contribution in [3.8, 4) is 5.75 Å². The van der Waals surface area contributed by atoms with Crippen molar-refractivity contribution in [1.82, 2.24) is 15.4 Å². The minimum absolute atomic E-state index is 0.0334. The van der Waals surface area contributed by atoms with Crippen LogP contribution in [0.3, 0.4) is 0 Å². The second-order valence-electron chi connectivity index (χ2n) is 13.2. The van der Waals surface area contributed by atoms with E-state index in [2.05, 4.69) is 48.0 Å². The van der Waals surface area contributed by atoms with Gasteiger partial charge in [-0.25, -0.2) is 17.9 Å². The number of carboxylic acid groups (broad SMARTS) is 1. The Kier molecular flexibility index (Phi) is 11.6. The molecule has 260 valence electrons. The molecule has 0 aromatic heterocycles. The molecule has 14 heteroatoms. The molecule has 0 saturated carbocycles. The van der Waals surface area contributed by atoms with Gasteiger partial charge in [0.1, 0.15) is 11.2 Å². The number of sulfonamides is 1. The van der Waals surface area contributed by atoms with Crippen LogP contribution in [-0.2, 0) is 25.9 Å². The summed E-state index contributed by atoms with van der Waals surface area (Å²) in [5.41, 5.74) is 1.66. The van der Waals surface area contributed by atoms with Crippen molar-refractivity contribution in [2.24, 2.45) is 17.8 Å². The second-order valence-corrected chi connectivity index (χ2v) is 16.1. The minimum atomic E-state index is -4.17. The van der Waals surface area contributed by atoms with Crippen molar-refractivity contribution in [1.29, 1.82) is 0 Å². The lowest BCUT2D eigenvalue weighted by atomic mass is 9.77. The van der Waals surface area contributed by atoms with Crippen molar-refractivity contribution >= 4 is 33.6 Å². The summed E-state index contributed by atoms with van der Waals surface area (Å²) in [6.07, 6.45) is -2.02. The SMILES string of the molecule is COc1cccc(C[C@H](NC(=O)O)[C@@H](O)C(NS(=O)(=O)c2ccc3c(c2)SC(NC(C)C)N3CC(C)C)[C@H]2CCO[C@@H]3OCC[C@@H]32)c1. The Bertz CT molecular complexity index is 1490. The highest BCUT2D eigenvalue weighted by molar-refractivity contribution is 8.00. The fraction of sp³-hybridized carbons (Fsp3) is 0.606. The van der Waals surface area contributed by atoms with E-state index >= 15 is 0 Å². The monoisotopic (exact) mass is 692 g/mol. The lowest BCUT2D eigenvalue weighted by Crippen LogP contribution is -2.59. The second kappa shape index (κ2) is 15.3. The maximum atomic E-state index is 14.2. The molecule has 2 fully saturated rings. The number of methoxy groups -OCH3 is 1. The number of aliphatic hydroxyl groups is 1. The average molecular weight is 693 g/mol. The van der Waals surface area contributed by atoms with Gasteiger partial charge in [-0.15, -0.1) is 0 Å². The van der Waals surface area contributed by atoms with Gasteiger partial charge in [-0.2, -0.15) is 0 Å². The van der Waals surface area contributed by atoms with Crippen LogP contribution in [0.5, 0.6) is 5.75 Å². The minimum Gasteiger partial charge on any atom is -0.497 e. The summed E-state index contributed by atoms with van der Waals surface area (Å²) in [4.78, 5) is 15.2. The van der Waals surface area contributed by atoms with Crippen LogP contribution in [0, 0.1) is 17.8 Å². The summed E-state index contributed by atoms with van der Waals surface area (Å²) in [6, 6.07) is 10.4. The van der Waals surface area contributed by atoms with Gasteiger partial charge in [-0.1, -0.05) is 37.7 Å². The number of ether oxygens (including phenoxy) is 3. The van der Waals surface area contributed by atoms with Crippen molar-refractivity contribution in [2.45, 2.75) is 92.8 Å². The largest absolute Gasteiger partial charge is 0.497 e. The summed E-state index contributed by atoms with van der Waals surface area (Å²) in [5, 5.41) is 27.8. The molecule has 5 rings (SSSR count). The third-order valence-corrected chi connectivity index (χ3v) is 11.6. The van der Waals surface area contributed by atoms with Gasteiger partial charge in [0, 0.05) is 23.4 Å². The fourth-order valence-electron chi connectivity index (χ4n) is 6.82. The average Bonchev–Trinajstić information content (AvgIpc) is 3.63. The summed E-state index contributed by atoms with van der Waals surface area (Å²) >= 11 is 1.58. The van der Waals surface area contributed by atoms with Gasteiger partial charge in [0.05, 0.1) is 49.1 Å². The zero-order valence-electron chi connectivity index (χ0n) is 27.6. The number of hydrogen-bond acceptors (Lipinski definition) is 10. The molecule has 3 aliphatic heterocycles. The first kappa shape index (κ1) is 35.7. The van der Waals surface area contributed by atoms with Crippen LogP contribution in [0.4, 0.5) is 10.5 Å². The first-order chi connectivity index (χ1) is 22.4. The normalized spacial score (nSPS) is 24.6. The summed E-state index contributed by atoms with van der Waals surface area (Å²) in [6.45, 7) is 10.1. The number of carbonyl (C=O) groups is 1. The molecule has 47 heavy (non-hydrogen) atoms. The van der Waals surface area contributed by atoms with E-state index in [9.17, 15) is 23.4 Å². The molecule has 0 bridgehead atoms. The van der Waals surface area contributed by atoms with Gasteiger partial charge in [0.2, 0.25) is 10.0 Å². The van der Waals surface area contributed by atoms with Crippen molar-refractivity contribution in [3.05, 3.63) is 48.0 Å². The number of anilines is 1. The predicted octanol–water partition coefficient (Wildman–Crippen LogP) is 3.83. The summed E-state index contributed by atoms with van der Waals surface area (Å²) < 4.78 is 48.2. The van der Waals surface area contributed by atoms with Crippen LogP contribution < -0.4 is 25.0 Å². The Labute approximate surface area is 282 Å². The first-order valence-corrected chi connectivity index (χ1v) is 18.6. The van der Waals surface area contributed by atoms with Crippen molar-refractivity contribution < 1.29 is 37.6 Å². The van der Waals surface area contributed by atoms with E-state index in [1.807, 2.05) is 12.1 Å². The number of aliphatic hydroxyl groups excluding tert-OH is 1. The summed E-state index contributed by atoms with van der Waals surface area (Å²) in [5.74, 6) is 0.453. The van der Waals surface area contributed by atoms with Crippen molar-refractivity contribution in [3.63, 3.8) is 0 Å². The number of amides is 1. The Balaban J connectivity index is 1.47. The predicted molar refractivity (Wildman–Crippen MR) is 180 cm³/mol. The third-order valence-electron chi connectivity index (χ3n) is 8.91. The molecule has 3 aliphatic rings. The van der Waals surface area contributed by atoms with E-state index in [1.165, 1.54) is 7.11 Å². The Morgan fingerprint density at radius 1 is 1.11 bits per heavy atom. The molecule has 2 aromatic rings. The van der Waals surface area contributed by atoms with Crippen LogP contribution in [0.2, 0.25) is 0 Å². The zero-order valence-corrected chi connectivity index (χ0v) is 29.2. The summed E-state index contributed by atoms with van der Waals surface area (Å²) in [7, 11) is -2.63. The van der Waals surface area contributed by atoms with E-state index in [0.717, 1.165) is 22.7 Å². The van der Waals surface area contributed by atoms with Gasteiger partial charge in [-0.3, -0.25) is 5.32 Å². The van der Waals surface area contributed by atoms with Crippen molar-refractivity contribution in [2.75, 3.05) is 31.8 Å². The number of rotatable bonds is 14. The lowest BCUT2D eigenvalue weighted by Gasteiger charge is -2.41. The number of benzene rings is 2. The number of thioether (sulfide) groups is 1. The molecule has 1 amide bonds. The van der Waals surface area contributed by atoms with Crippen LogP contribution >= 0.6 is 11.8 Å². The number of nitrogens with zero attached hydrogens (tertiary/aromatic N) is 1. The molecule has 3 heterocycles. The lowest BCUT2D eigenvalue weighted by molar-refractivity contribution is -0.172. The van der Waals surface area contributed by atoms with Crippen LogP contribution in [0.15, 0.2) is 52.3 Å². The maximum absolute atomic E-state index is 14.2. The highest BCUT2D eigenvalue weighted by Gasteiger charge is 2.47. The van der Waals surface area contributed by atoms with Gasteiger partial charge < -0.3 is 34.6 Å². The van der Waals surface area contributed by atoms with Gasteiger partial charge >= 0.3 is 6.09 Å². The standard InChI is InChI=1S/C33H48N4O8S2/c1-19(2)18-37-27-10-9-23(17-28(27)46-32(37)34-20(3)4)47(41,42)36-29(24-11-13-44-31-25(24)12-14-45-31)30(38)26(35-33(39)40)16-21-7-6-8-22(15-21)43-5/h6-10,15,17,19-20,24-26,29-32,34-36,38H,11-14,16,18H2,1-5H3,(H,39,40)/t24-,25+,26-,29?,30+,31+,32?/m0/s1. The topological polar surface area (TPSA) is 159 Å². The molecule has 2 saturated heterocycles. The third kappa shape index (κ3) is 8.53. The van der Waals surface area contributed by atoms with Gasteiger partial charge in [-0.05, 0) is 80.8 Å². The molecule has 12 nitrogen and oxygen atoms in total. The first-order valence-electron chi connectivity index (χ1n) is 16.3. The fourth-order valence-corrected chi connectivity index (χ4v) is 9.64.